The number of carbonyl (C=O) groups is 13. The number of aromatic nitrogens is 2. The highest BCUT2D eigenvalue weighted by atomic mass is 32.1. The number of hydrogen-bond donors (Lipinski definition) is 22. The molecule has 4 rings (SSSR count). The fourth-order valence-electron chi connectivity index (χ4n) is 10.4. The van der Waals surface area contributed by atoms with Crippen LogP contribution in [0.1, 0.15) is 101 Å². The highest BCUT2D eigenvalue weighted by Gasteiger charge is 2.38. The maximum atomic E-state index is 15.0. The first-order valence-corrected chi connectivity index (χ1v) is 34.5. The molecule has 0 saturated heterocycles. The number of thiol groups is 1. The second-order valence-electron chi connectivity index (χ2n) is 24.9. The summed E-state index contributed by atoms with van der Waals surface area (Å²) in [7, 11) is 0. The molecule has 0 bridgehead atoms. The fraction of sp³-hybridized carbons (Fsp3) is 0.500. The molecule has 0 aliphatic heterocycles. The molecule has 104 heavy (non-hydrogen) atoms. The number of nitrogens with one attached hydrogen (secondary N) is 12. The van der Waals surface area contributed by atoms with Gasteiger partial charge >= 0.3 is 11.9 Å². The normalized spacial score (nSPS) is 14.9. The molecule has 1 heterocycles. The van der Waals surface area contributed by atoms with Gasteiger partial charge in [0.25, 0.3) is 0 Å². The molecule has 36 heteroatoms. The first kappa shape index (κ1) is 86.1. The Morgan fingerprint density at radius 2 is 0.923 bits per heavy atom. The first-order valence-electron chi connectivity index (χ1n) is 33.9. The van der Waals surface area contributed by atoms with Crippen LogP contribution in [-0.4, -0.2) is 222 Å². The third kappa shape index (κ3) is 30.0. The fourth-order valence-corrected chi connectivity index (χ4v) is 10.7. The number of phenolic OH excluding ortho intramolecular Hbond substituents is 2. The number of aliphatic carboxylic acids is 2. The van der Waals surface area contributed by atoms with Gasteiger partial charge in [0.2, 0.25) is 65.0 Å². The Balaban J connectivity index is 1.65. The summed E-state index contributed by atoms with van der Waals surface area (Å²) in [4.78, 5) is 185. The lowest BCUT2D eigenvalue weighted by Gasteiger charge is -2.29. The number of rotatable bonds is 47. The third-order valence-electron chi connectivity index (χ3n) is 16.6. The van der Waals surface area contributed by atoms with Gasteiger partial charge in [0.15, 0.2) is 0 Å². The number of amides is 11. The Bertz CT molecular complexity index is 3470. The van der Waals surface area contributed by atoms with Crippen molar-refractivity contribution in [1.29, 1.82) is 0 Å². The van der Waals surface area contributed by atoms with Crippen LogP contribution in [0.3, 0.4) is 0 Å². The quantitative estimate of drug-likeness (QED) is 0.0148. The number of aromatic amines is 1. The molecule has 35 nitrogen and oxygen atoms in total. The minimum absolute atomic E-state index is 0.0209. The maximum Gasteiger partial charge on any atom is 0.327 e. The standard InChI is InChI=1S/C68H98N16O19S/c1-4-37(2)56(83-58(92)45(71)31-42-32-72-36-74-42)66(100)77-47(15-9-11-27-70)61(95)76-48(24-25-55(90)91)62(96)78-50(29-40-16-20-43(87)21-17-40)64(98)79-49(28-39-12-6-5-7-13-39)63(97)80-51(30-41-18-22-44(88)23-19-41)65(99)84-57(38(3)86)67(101)81-52(34-85)59(93)73-33-54(89)75-46(14-8-10-26-69)60(94)82-53(35-104)68(102)103/h5-7,12-13,16-23,32,36-38,45-53,56-57,85-88,104H,4,8-11,14-15,24-31,33-35,69-71H2,1-3H3,(H,72,74)(H,73,93)(H,75,89)(H,76,95)(H,77,100)(H,78,96)(H,79,98)(H,80,97)(H,81,101)(H,82,94)(H,83,92)(H,84,99)(H,90,91)(H,102,103)/t37-,38+,45-,46-,47-,48-,49-,50-,51-,52-,53-,56-,57-/m0/s1. The van der Waals surface area contributed by atoms with E-state index in [2.05, 4.69) is 81.1 Å². The third-order valence-corrected chi connectivity index (χ3v) is 17.0. The number of aliphatic hydroxyl groups excluding tert-OH is 2. The highest BCUT2D eigenvalue weighted by molar-refractivity contribution is 7.80. The van der Waals surface area contributed by atoms with Crippen LogP contribution in [-0.2, 0) is 88.0 Å². The van der Waals surface area contributed by atoms with Gasteiger partial charge in [-0.05, 0) is 112 Å². The molecule has 24 N–H and O–H groups in total. The summed E-state index contributed by atoms with van der Waals surface area (Å²) < 4.78 is 0. The highest BCUT2D eigenvalue weighted by Crippen LogP contribution is 2.17. The number of carboxylic acids is 2. The number of H-pyrrole nitrogens is 1. The molecule has 0 aliphatic rings. The minimum atomic E-state index is -1.95. The van der Waals surface area contributed by atoms with Crippen molar-refractivity contribution in [3.05, 3.63) is 114 Å². The maximum absolute atomic E-state index is 15.0. The van der Waals surface area contributed by atoms with E-state index in [9.17, 15) is 88.2 Å². The van der Waals surface area contributed by atoms with Gasteiger partial charge in [-0.1, -0.05) is 74.9 Å². The van der Waals surface area contributed by atoms with E-state index in [1.54, 1.807) is 44.2 Å². The number of benzene rings is 3. The van der Waals surface area contributed by atoms with Gasteiger partial charge in [0.1, 0.15) is 71.9 Å². The van der Waals surface area contributed by atoms with Gasteiger partial charge in [-0.25, -0.2) is 9.78 Å². The number of carboxylic acid groups (broad SMARTS) is 2. The summed E-state index contributed by atoms with van der Waals surface area (Å²) in [6.07, 6.45) is 0.606. The second kappa shape index (κ2) is 45.0. The zero-order valence-electron chi connectivity index (χ0n) is 58.0. The van der Waals surface area contributed by atoms with Gasteiger partial charge in [-0.2, -0.15) is 12.6 Å². The Morgan fingerprint density at radius 3 is 1.37 bits per heavy atom. The summed E-state index contributed by atoms with van der Waals surface area (Å²) in [6.45, 7) is 3.06. The van der Waals surface area contributed by atoms with E-state index in [0.717, 1.165) is 6.92 Å². The number of aliphatic hydroxyl groups is 2. The van der Waals surface area contributed by atoms with Gasteiger partial charge in [-0.3, -0.25) is 57.5 Å². The lowest BCUT2D eigenvalue weighted by molar-refractivity contribution is -0.141. The predicted molar refractivity (Wildman–Crippen MR) is 379 cm³/mol. The molecule has 0 saturated carbocycles. The van der Waals surface area contributed by atoms with Crippen molar-refractivity contribution in [2.75, 3.05) is 32.0 Å². The lowest BCUT2D eigenvalue weighted by atomic mass is 9.96. The van der Waals surface area contributed by atoms with E-state index in [1.807, 2.05) is 0 Å². The topological polar surface area (TPSA) is 582 Å². The van der Waals surface area contributed by atoms with Crippen molar-refractivity contribution in [2.45, 2.75) is 177 Å². The van der Waals surface area contributed by atoms with Crippen LogP contribution in [0.5, 0.6) is 11.5 Å². The molecule has 0 aliphatic carbocycles. The van der Waals surface area contributed by atoms with Gasteiger partial charge < -0.3 is 111 Å². The molecule has 3 aromatic carbocycles. The summed E-state index contributed by atoms with van der Waals surface area (Å²) in [5.74, 6) is -14.9. The number of nitrogens with two attached hydrogens (primary N) is 3. The van der Waals surface area contributed by atoms with Crippen LogP contribution in [0.4, 0.5) is 0 Å². The summed E-state index contributed by atoms with van der Waals surface area (Å²) in [5.41, 5.74) is 19.2. The number of imidazole rings is 1. The van der Waals surface area contributed by atoms with Crippen LogP contribution < -0.4 is 75.7 Å². The van der Waals surface area contributed by atoms with Crippen molar-refractivity contribution in [1.82, 2.24) is 68.5 Å². The number of carbonyl (C=O) groups excluding carboxylic acids is 11. The van der Waals surface area contributed by atoms with E-state index in [4.69, 9.17) is 17.2 Å². The van der Waals surface area contributed by atoms with Crippen LogP contribution in [0, 0.1) is 5.92 Å². The van der Waals surface area contributed by atoms with Crippen molar-refractivity contribution in [2.24, 2.45) is 23.1 Å². The van der Waals surface area contributed by atoms with E-state index in [-0.39, 0.29) is 68.9 Å². The summed E-state index contributed by atoms with van der Waals surface area (Å²) in [5, 5.41) is 88.0. The molecule has 11 amide bonds. The Morgan fingerprint density at radius 1 is 0.500 bits per heavy atom. The van der Waals surface area contributed by atoms with E-state index < -0.39 is 188 Å². The van der Waals surface area contributed by atoms with Gasteiger partial charge in [0, 0.05) is 49.7 Å². The van der Waals surface area contributed by atoms with Crippen LogP contribution in [0.25, 0.3) is 0 Å². The summed E-state index contributed by atoms with van der Waals surface area (Å²) in [6, 6.07) is 1.92. The molecule has 0 fully saturated rings. The van der Waals surface area contributed by atoms with E-state index in [0.29, 0.717) is 48.1 Å². The Kier molecular flexibility index (Phi) is 37.2. The number of hydrogen-bond acceptors (Lipinski definition) is 22. The zero-order valence-corrected chi connectivity index (χ0v) is 58.9. The first-order chi connectivity index (χ1) is 49.5. The largest absolute Gasteiger partial charge is 0.508 e. The van der Waals surface area contributed by atoms with Crippen molar-refractivity contribution in [3.8, 4) is 11.5 Å². The van der Waals surface area contributed by atoms with Crippen molar-refractivity contribution >= 4 is 89.5 Å². The second-order valence-corrected chi connectivity index (χ2v) is 25.3. The van der Waals surface area contributed by atoms with Gasteiger partial charge in [0.05, 0.1) is 31.6 Å². The SMILES string of the molecule is CC[C@H](C)[C@H](NC(=O)[C@@H](N)Cc1cnc[nH]1)C(=O)N[C@@H](CCCCN)C(=O)N[C@@H](CCC(=O)O)C(=O)N[C@@H](Cc1ccc(O)cc1)C(=O)N[C@@H](Cc1ccccc1)C(=O)N[C@@H](Cc1ccc(O)cc1)C(=O)N[C@H](C(=O)N[C@@H](CO)C(=O)NCC(=O)N[C@@H](CCCCN)C(=O)N[C@@H](CS)C(=O)O)[C@@H](C)O. The smallest absolute Gasteiger partial charge is 0.327 e. The molecule has 13 atom stereocenters. The number of nitrogens with zero attached hydrogens (tertiary/aromatic N) is 1. The van der Waals surface area contributed by atoms with Crippen LogP contribution in [0.2, 0.25) is 0 Å². The molecule has 0 spiro atoms. The monoisotopic (exact) mass is 1470 g/mol. The summed E-state index contributed by atoms with van der Waals surface area (Å²) >= 11 is 3.93. The van der Waals surface area contributed by atoms with E-state index >= 15 is 4.79 Å². The Labute approximate surface area is 605 Å². The minimum Gasteiger partial charge on any atom is -0.508 e. The molecular weight excluding hydrogens is 1380 g/mol. The van der Waals surface area contributed by atoms with Gasteiger partial charge in [-0.15, -0.1) is 0 Å². The molecule has 4 aromatic rings. The predicted octanol–water partition coefficient (Wildman–Crippen LogP) is -4.06. The molecule has 0 unspecified atom stereocenters. The number of aromatic hydroxyl groups is 2. The molecular formula is C68H98N16O19S. The van der Waals surface area contributed by atoms with Crippen LogP contribution >= 0.6 is 12.6 Å². The van der Waals surface area contributed by atoms with Crippen molar-refractivity contribution < 1.29 is 93.0 Å². The average molecular weight is 1480 g/mol. The molecule has 1 aromatic heterocycles. The van der Waals surface area contributed by atoms with E-state index in [1.165, 1.54) is 61.1 Å². The Hall–Kier alpha value is -10.3. The zero-order chi connectivity index (χ0) is 77.0. The van der Waals surface area contributed by atoms with Crippen molar-refractivity contribution in [3.63, 3.8) is 0 Å². The molecule has 570 valence electrons. The van der Waals surface area contributed by atoms with Crippen LogP contribution in [0.15, 0.2) is 91.4 Å². The molecule has 0 radical (unpaired) electrons. The number of unbranched alkanes of at least 4 members (excludes halogenated alkanes) is 2. The average Bonchev–Trinajstić information content (AvgIpc) is 0.887. The lowest BCUT2D eigenvalue weighted by Crippen LogP contribution is -2.62. The number of phenols is 2.